The van der Waals surface area contributed by atoms with E-state index in [9.17, 15) is 0 Å². The molecule has 2 heterocycles. The summed E-state index contributed by atoms with van der Waals surface area (Å²) in [5, 5.41) is 2.53. The van der Waals surface area contributed by atoms with Crippen LogP contribution in [0.1, 0.15) is 25.0 Å². The first-order valence-corrected chi connectivity index (χ1v) is 16.8. The Morgan fingerprint density at radius 3 is 1.70 bits per heavy atom. The van der Waals surface area contributed by atoms with Crippen molar-refractivity contribution in [3.05, 3.63) is 165 Å². The largest absolute Gasteiger partial charge is 0.495 e. The molecule has 2 aliphatic rings. The average molecular weight is 627 g/mol. The summed E-state index contributed by atoms with van der Waals surface area (Å²) < 4.78 is 15.5. The van der Waals surface area contributed by atoms with Crippen LogP contribution >= 0.6 is 11.3 Å². The van der Waals surface area contributed by atoms with E-state index < -0.39 is 18.3 Å². The maximum Gasteiger partial charge on any atom is 0.495 e. The third-order valence-electron chi connectivity index (χ3n) is 10.3. The van der Waals surface area contributed by atoms with Gasteiger partial charge in [-0.3, -0.25) is 0 Å². The Balaban J connectivity index is 1.23. The van der Waals surface area contributed by atoms with Crippen LogP contribution in [0.25, 0.3) is 53.6 Å². The first-order valence-electron chi connectivity index (χ1n) is 16.0. The highest BCUT2D eigenvalue weighted by Crippen LogP contribution is 2.51. The lowest BCUT2D eigenvalue weighted by molar-refractivity contribution is 0.103. The Bertz CT molecular complexity index is 2250. The first kappa shape index (κ1) is 29.7. The van der Waals surface area contributed by atoms with Crippen LogP contribution < -0.4 is 5.46 Å². The van der Waals surface area contributed by atoms with Gasteiger partial charge in [0.05, 0.1) is 0 Å². The summed E-state index contributed by atoms with van der Waals surface area (Å²) in [4.78, 5) is 0. The highest BCUT2D eigenvalue weighted by atomic mass is 32.1. The molecule has 0 atom stereocenters. The van der Waals surface area contributed by atoms with Crippen LogP contribution in [0, 0.1) is 0 Å². The number of hydrogen-bond donors (Lipinski definition) is 0. The molecule has 5 aromatic carbocycles. The van der Waals surface area contributed by atoms with Crippen molar-refractivity contribution in [3.8, 4) is 33.4 Å². The molecule has 1 aromatic heterocycles. The monoisotopic (exact) mass is 626 g/mol. The lowest BCUT2D eigenvalue weighted by Crippen LogP contribution is -2.45. The molecular formula is C43H35BO2S. The summed E-state index contributed by atoms with van der Waals surface area (Å²) in [5.74, 6) is 0. The minimum atomic E-state index is -0.978. The zero-order valence-corrected chi connectivity index (χ0v) is 27.6. The minimum absolute atomic E-state index is 0.0467. The maximum atomic E-state index is 6.49. The molecular weight excluding hydrogens is 591 g/mol. The quantitative estimate of drug-likeness (QED) is 0.130. The summed E-state index contributed by atoms with van der Waals surface area (Å²) in [6.45, 7) is 20.7. The first-order chi connectivity index (χ1) is 22.8. The summed E-state index contributed by atoms with van der Waals surface area (Å²) in [6, 6.07) is 37.5. The Morgan fingerprint density at radius 1 is 0.553 bits per heavy atom. The molecule has 4 heteroatoms. The zero-order valence-electron chi connectivity index (χ0n) is 26.8. The van der Waals surface area contributed by atoms with Gasteiger partial charge in [0.15, 0.2) is 0 Å². The van der Waals surface area contributed by atoms with Crippen molar-refractivity contribution in [2.24, 2.45) is 0 Å². The van der Waals surface area contributed by atoms with E-state index in [4.69, 9.17) is 9.31 Å². The van der Waals surface area contributed by atoms with Crippen molar-refractivity contribution >= 4 is 44.1 Å². The second kappa shape index (κ2) is 10.6. The molecule has 1 aliphatic heterocycles. The topological polar surface area (TPSA) is 18.5 Å². The smallest absolute Gasteiger partial charge is 0.391 e. The molecule has 0 N–H and O–H groups in total. The van der Waals surface area contributed by atoms with Crippen molar-refractivity contribution in [1.29, 1.82) is 0 Å². The Hall–Kier alpha value is -4.74. The third-order valence-corrected chi connectivity index (χ3v) is 11.6. The van der Waals surface area contributed by atoms with E-state index in [2.05, 4.69) is 137 Å². The molecule has 0 unspecified atom stereocenters. The molecule has 1 aliphatic carbocycles. The van der Waals surface area contributed by atoms with Crippen LogP contribution in [-0.2, 0) is 14.7 Å². The summed E-state index contributed by atoms with van der Waals surface area (Å²) in [5.41, 5.74) is 9.16. The Morgan fingerprint density at radius 2 is 1.09 bits per heavy atom. The molecule has 8 rings (SSSR count). The van der Waals surface area contributed by atoms with Gasteiger partial charge in [0.2, 0.25) is 0 Å². The maximum absolute atomic E-state index is 6.49. The van der Waals surface area contributed by atoms with Crippen LogP contribution in [0.15, 0.2) is 154 Å². The van der Waals surface area contributed by atoms with Gasteiger partial charge in [-0.15, -0.1) is 11.3 Å². The molecule has 1 saturated heterocycles. The van der Waals surface area contributed by atoms with Crippen molar-refractivity contribution in [3.63, 3.8) is 0 Å². The second-order valence-electron chi connectivity index (χ2n) is 13.0. The van der Waals surface area contributed by atoms with Crippen molar-refractivity contribution < 1.29 is 9.31 Å². The van der Waals surface area contributed by atoms with Crippen LogP contribution in [0.4, 0.5) is 0 Å². The molecule has 0 amide bonds. The van der Waals surface area contributed by atoms with E-state index in [1.165, 1.54) is 59.1 Å². The van der Waals surface area contributed by atoms with Crippen LogP contribution in [0.3, 0.4) is 0 Å². The van der Waals surface area contributed by atoms with Gasteiger partial charge < -0.3 is 9.31 Å². The second-order valence-corrected chi connectivity index (χ2v) is 14.0. The molecule has 0 radical (unpaired) electrons. The average Bonchev–Trinajstić information content (AvgIpc) is 3.74. The van der Waals surface area contributed by atoms with Crippen molar-refractivity contribution in [1.82, 2.24) is 0 Å². The molecule has 2 nitrogen and oxygen atoms in total. The SMILES string of the molecule is C=CC1(C=C)OB(c2cccc(-c3cccc4c3sc3c(-c5ccc6c(c5)C(C)(C)c5ccccc5-6)cccc34)c2)OC1(C=C)C=C. The highest BCUT2D eigenvalue weighted by molar-refractivity contribution is 7.26. The molecule has 0 spiro atoms. The molecule has 0 bridgehead atoms. The standard InChI is InChI=1S/C43H35BO2S/c1-7-42(8-2)43(9-3,10-4)46-44(45-42)30-17-13-16-28(26-30)31-19-14-21-35-36-22-15-20-32(40(36)47-39(31)35)29-24-25-34-33-18-11-12-23-37(33)41(5,6)38(34)27-29/h7-27H,1-4H2,5-6H3. The lowest BCUT2D eigenvalue weighted by atomic mass is 9.78. The van der Waals surface area contributed by atoms with Gasteiger partial charge >= 0.3 is 7.12 Å². The summed E-state index contributed by atoms with van der Waals surface area (Å²) in [7, 11) is -0.648. The van der Waals surface area contributed by atoms with Crippen LogP contribution in [-0.4, -0.2) is 18.3 Å². The highest BCUT2D eigenvalue weighted by Gasteiger charge is 2.56. The number of thiophene rings is 1. The zero-order chi connectivity index (χ0) is 32.6. The van der Waals surface area contributed by atoms with Gasteiger partial charge in [-0.25, -0.2) is 0 Å². The summed E-state index contributed by atoms with van der Waals surface area (Å²) >= 11 is 1.86. The van der Waals surface area contributed by atoms with Crippen LogP contribution in [0.2, 0.25) is 0 Å². The molecule has 0 saturated carbocycles. The molecule has 228 valence electrons. The predicted octanol–water partition coefficient (Wildman–Crippen LogP) is 10.7. The fourth-order valence-corrected chi connectivity index (χ4v) is 9.07. The van der Waals surface area contributed by atoms with Crippen molar-refractivity contribution in [2.75, 3.05) is 0 Å². The number of fused-ring (bicyclic) bond motifs is 6. The van der Waals surface area contributed by atoms with E-state index in [1.54, 1.807) is 24.3 Å². The van der Waals surface area contributed by atoms with Crippen molar-refractivity contribution in [2.45, 2.75) is 30.5 Å². The van der Waals surface area contributed by atoms with E-state index >= 15 is 0 Å². The normalized spacial score (nSPS) is 16.9. The van der Waals surface area contributed by atoms with Gasteiger partial charge in [0, 0.05) is 25.6 Å². The fraction of sp³-hybridized carbons (Fsp3) is 0.116. The van der Waals surface area contributed by atoms with Crippen LogP contribution in [0.5, 0.6) is 0 Å². The molecule has 6 aromatic rings. The Labute approximate surface area is 281 Å². The van der Waals surface area contributed by atoms with Gasteiger partial charge in [0.25, 0.3) is 0 Å². The summed E-state index contributed by atoms with van der Waals surface area (Å²) in [6.07, 6.45) is 6.85. The third kappa shape index (κ3) is 4.12. The number of rotatable bonds is 7. The van der Waals surface area contributed by atoms with Gasteiger partial charge in [-0.05, 0) is 56.0 Å². The van der Waals surface area contributed by atoms with E-state index in [1.807, 2.05) is 17.4 Å². The number of benzene rings is 5. The fourth-order valence-electron chi connectivity index (χ4n) is 7.70. The number of hydrogen-bond acceptors (Lipinski definition) is 3. The van der Waals surface area contributed by atoms with Gasteiger partial charge in [-0.2, -0.15) is 0 Å². The predicted molar refractivity (Wildman–Crippen MR) is 202 cm³/mol. The lowest BCUT2D eigenvalue weighted by Gasteiger charge is -2.35. The van der Waals surface area contributed by atoms with E-state index in [0.29, 0.717) is 0 Å². The Kier molecular flexibility index (Phi) is 6.72. The molecule has 1 fully saturated rings. The van der Waals surface area contributed by atoms with Gasteiger partial charge in [0.1, 0.15) is 11.2 Å². The van der Waals surface area contributed by atoms with E-state index in [-0.39, 0.29) is 5.41 Å². The minimum Gasteiger partial charge on any atom is -0.391 e. The van der Waals surface area contributed by atoms with Gasteiger partial charge in [-0.1, -0.05) is 162 Å². The molecule has 47 heavy (non-hydrogen) atoms. The van der Waals surface area contributed by atoms with E-state index in [0.717, 1.165) is 11.0 Å².